The number of benzene rings is 1. The molecule has 8 heteroatoms. The highest BCUT2D eigenvalue weighted by atomic mass is 16.5. The van der Waals surface area contributed by atoms with Gasteiger partial charge in [0.2, 0.25) is 0 Å². The number of rotatable bonds is 5. The molecule has 2 atom stereocenters. The van der Waals surface area contributed by atoms with Gasteiger partial charge in [-0.3, -0.25) is 9.69 Å². The molecule has 2 aliphatic rings. The summed E-state index contributed by atoms with van der Waals surface area (Å²) in [4.78, 5) is 18.8. The summed E-state index contributed by atoms with van der Waals surface area (Å²) >= 11 is 0. The van der Waals surface area contributed by atoms with Crippen LogP contribution in [0.2, 0.25) is 0 Å². The molecule has 1 aromatic carbocycles. The van der Waals surface area contributed by atoms with Crippen LogP contribution >= 0.6 is 0 Å². The van der Waals surface area contributed by atoms with Gasteiger partial charge in [0.1, 0.15) is 11.8 Å². The molecule has 3 aromatic rings. The van der Waals surface area contributed by atoms with Gasteiger partial charge >= 0.3 is 0 Å². The van der Waals surface area contributed by atoms with Crippen LogP contribution in [0.4, 0.5) is 0 Å². The van der Waals surface area contributed by atoms with Crippen molar-refractivity contribution >= 4 is 10.9 Å². The van der Waals surface area contributed by atoms with Crippen molar-refractivity contribution in [3.63, 3.8) is 0 Å². The van der Waals surface area contributed by atoms with Crippen molar-refractivity contribution in [2.45, 2.75) is 57.5 Å². The minimum absolute atomic E-state index is 0.0816. The molecular weight excluding hydrogens is 392 g/mol. The maximum Gasteiger partial charge on any atom is 0.253 e. The van der Waals surface area contributed by atoms with Gasteiger partial charge in [0.15, 0.2) is 5.82 Å². The lowest BCUT2D eigenvalue weighted by Crippen LogP contribution is -2.41. The van der Waals surface area contributed by atoms with Crippen LogP contribution in [0.5, 0.6) is 5.75 Å². The molecule has 2 fully saturated rings. The Labute approximate surface area is 181 Å². The van der Waals surface area contributed by atoms with E-state index in [4.69, 9.17) is 4.74 Å². The third-order valence-electron chi connectivity index (χ3n) is 6.86. The number of pyridine rings is 1. The zero-order valence-electron chi connectivity index (χ0n) is 18.3. The first-order chi connectivity index (χ1) is 15.1. The van der Waals surface area contributed by atoms with Crippen LogP contribution in [0.15, 0.2) is 29.1 Å². The number of methoxy groups -OCH3 is 1. The predicted octanol–water partition coefficient (Wildman–Crippen LogP) is 3.46. The summed E-state index contributed by atoms with van der Waals surface area (Å²) < 4.78 is 7.40. The highest BCUT2D eigenvalue weighted by Gasteiger charge is 2.34. The average Bonchev–Trinajstić information content (AvgIpc) is 3.46. The molecule has 0 amide bonds. The maximum absolute atomic E-state index is 13.3. The lowest BCUT2D eigenvalue weighted by molar-refractivity contribution is 0.139. The molecule has 0 radical (unpaired) electrons. The van der Waals surface area contributed by atoms with E-state index in [0.717, 1.165) is 54.8 Å². The smallest absolute Gasteiger partial charge is 0.253 e. The fourth-order valence-electron chi connectivity index (χ4n) is 5.28. The van der Waals surface area contributed by atoms with Crippen molar-refractivity contribution in [1.82, 2.24) is 30.1 Å². The van der Waals surface area contributed by atoms with Crippen molar-refractivity contribution in [3.05, 3.63) is 46.0 Å². The van der Waals surface area contributed by atoms with Crippen LogP contribution in [-0.4, -0.2) is 50.3 Å². The van der Waals surface area contributed by atoms with Crippen LogP contribution in [0.25, 0.3) is 10.9 Å². The number of nitrogens with one attached hydrogen (secondary N) is 1. The Morgan fingerprint density at radius 3 is 2.77 bits per heavy atom. The van der Waals surface area contributed by atoms with E-state index in [1.54, 1.807) is 7.11 Å². The van der Waals surface area contributed by atoms with E-state index in [9.17, 15) is 4.79 Å². The summed E-state index contributed by atoms with van der Waals surface area (Å²) in [5.74, 6) is 2.13. The topological polar surface area (TPSA) is 88.9 Å². The predicted molar refractivity (Wildman–Crippen MR) is 118 cm³/mol. The zero-order valence-corrected chi connectivity index (χ0v) is 18.3. The van der Waals surface area contributed by atoms with E-state index in [1.165, 1.54) is 19.3 Å². The Bertz CT molecular complexity index is 1120. The first kappa shape index (κ1) is 20.2. The number of ether oxygens (including phenoxy) is 1. The molecule has 1 N–H and O–H groups in total. The molecule has 1 saturated carbocycles. The summed E-state index contributed by atoms with van der Waals surface area (Å²) in [6.07, 6.45) is 6.90. The molecule has 1 saturated heterocycles. The van der Waals surface area contributed by atoms with E-state index < -0.39 is 0 Å². The second-order valence-electron chi connectivity index (χ2n) is 9.07. The lowest BCUT2D eigenvalue weighted by Gasteiger charge is -2.36. The number of aromatic nitrogens is 5. The highest BCUT2D eigenvalue weighted by Crippen LogP contribution is 2.35. The van der Waals surface area contributed by atoms with Gasteiger partial charge in [-0.1, -0.05) is 19.8 Å². The van der Waals surface area contributed by atoms with Crippen LogP contribution in [0.1, 0.15) is 68.9 Å². The third-order valence-corrected chi connectivity index (χ3v) is 6.86. The van der Waals surface area contributed by atoms with Gasteiger partial charge in [-0.15, -0.1) is 5.10 Å². The summed E-state index contributed by atoms with van der Waals surface area (Å²) in [5.41, 5.74) is 1.42. The van der Waals surface area contributed by atoms with E-state index >= 15 is 0 Å². The highest BCUT2D eigenvalue weighted by molar-refractivity contribution is 5.80. The summed E-state index contributed by atoms with van der Waals surface area (Å²) in [7, 11) is 1.65. The number of hydrogen-bond acceptors (Lipinski definition) is 6. The number of nitrogens with zero attached hydrogens (tertiary/aromatic N) is 5. The summed E-state index contributed by atoms with van der Waals surface area (Å²) in [5, 5.41) is 13.8. The Morgan fingerprint density at radius 1 is 1.16 bits per heavy atom. The lowest BCUT2D eigenvalue weighted by atomic mass is 9.95. The first-order valence-corrected chi connectivity index (χ1v) is 11.4. The van der Waals surface area contributed by atoms with Gasteiger partial charge in [-0.25, -0.2) is 4.68 Å². The van der Waals surface area contributed by atoms with Gasteiger partial charge in [0, 0.05) is 23.0 Å². The van der Waals surface area contributed by atoms with E-state index in [-0.39, 0.29) is 11.6 Å². The number of fused-ring (bicyclic) bond motifs is 1. The molecule has 0 bridgehead atoms. The number of H-pyrrole nitrogens is 1. The van der Waals surface area contributed by atoms with E-state index in [0.29, 0.717) is 17.5 Å². The Morgan fingerprint density at radius 2 is 2.00 bits per heavy atom. The molecule has 0 unspecified atom stereocenters. The SMILES string of the molecule is COc1ccc2[nH]c(=O)c([C@H](c3nnnn3C3CCCC3)N3CCC[C@@H](C)C3)cc2c1. The zero-order chi connectivity index (χ0) is 21.4. The van der Waals surface area contributed by atoms with Crippen molar-refractivity contribution in [3.8, 4) is 5.75 Å². The Balaban J connectivity index is 1.65. The molecule has 2 aromatic heterocycles. The van der Waals surface area contributed by atoms with E-state index in [2.05, 4.69) is 32.3 Å². The fraction of sp³-hybridized carbons (Fsp3) is 0.565. The monoisotopic (exact) mass is 422 g/mol. The second-order valence-corrected chi connectivity index (χ2v) is 9.07. The number of aromatic amines is 1. The standard InChI is InChI=1S/C23H30N6O2/c1-15-6-5-11-28(14-15)21(22-25-26-27-29(22)17-7-3-4-8-17)19-13-16-12-18(31-2)9-10-20(16)24-23(19)30/h9-10,12-13,15,17,21H,3-8,11,14H2,1-2H3,(H,24,30)/t15-,21-/m1/s1. The normalized spacial score (nSPS) is 21.5. The van der Waals surface area contributed by atoms with Crippen molar-refractivity contribution in [1.29, 1.82) is 0 Å². The average molecular weight is 423 g/mol. The van der Waals surface area contributed by atoms with Crippen LogP contribution < -0.4 is 10.3 Å². The van der Waals surface area contributed by atoms with Gasteiger partial charge in [0.25, 0.3) is 5.56 Å². The van der Waals surface area contributed by atoms with Crippen LogP contribution in [0, 0.1) is 5.92 Å². The molecule has 8 nitrogen and oxygen atoms in total. The van der Waals surface area contributed by atoms with Gasteiger partial charge < -0.3 is 9.72 Å². The molecule has 5 rings (SSSR count). The van der Waals surface area contributed by atoms with Crippen molar-refractivity contribution in [2.24, 2.45) is 5.92 Å². The Kier molecular flexibility index (Phi) is 5.48. The van der Waals surface area contributed by atoms with Crippen LogP contribution in [-0.2, 0) is 0 Å². The molecule has 1 aliphatic heterocycles. The van der Waals surface area contributed by atoms with E-state index in [1.807, 2.05) is 28.9 Å². The number of hydrogen-bond donors (Lipinski definition) is 1. The molecule has 3 heterocycles. The third kappa shape index (κ3) is 3.84. The second kappa shape index (κ2) is 8.42. The molecule has 164 valence electrons. The summed E-state index contributed by atoms with van der Waals surface area (Å²) in [6.45, 7) is 4.14. The number of piperidine rings is 1. The van der Waals surface area contributed by atoms with Gasteiger partial charge in [-0.05, 0) is 72.8 Å². The maximum atomic E-state index is 13.3. The minimum Gasteiger partial charge on any atom is -0.497 e. The molecule has 1 aliphatic carbocycles. The fourth-order valence-corrected chi connectivity index (χ4v) is 5.28. The molecular formula is C23H30N6O2. The van der Waals surface area contributed by atoms with Crippen molar-refractivity contribution in [2.75, 3.05) is 20.2 Å². The first-order valence-electron chi connectivity index (χ1n) is 11.4. The molecule has 0 spiro atoms. The molecule has 31 heavy (non-hydrogen) atoms. The quantitative estimate of drug-likeness (QED) is 0.677. The van der Waals surface area contributed by atoms with Gasteiger partial charge in [-0.2, -0.15) is 0 Å². The number of likely N-dealkylation sites (tertiary alicyclic amines) is 1. The largest absolute Gasteiger partial charge is 0.497 e. The van der Waals surface area contributed by atoms with Gasteiger partial charge in [0.05, 0.1) is 13.2 Å². The number of tetrazole rings is 1. The van der Waals surface area contributed by atoms with Crippen molar-refractivity contribution < 1.29 is 4.74 Å². The van der Waals surface area contributed by atoms with Crippen LogP contribution in [0.3, 0.4) is 0 Å². The summed E-state index contributed by atoms with van der Waals surface area (Å²) in [6, 6.07) is 7.76. The Hall–Kier alpha value is -2.74. The minimum atomic E-state index is -0.266.